The van der Waals surface area contributed by atoms with Gasteiger partial charge in [0.2, 0.25) is 0 Å². The summed E-state index contributed by atoms with van der Waals surface area (Å²) in [5, 5.41) is 0. The number of aryl methyl sites for hydroxylation is 1. The highest BCUT2D eigenvalue weighted by Gasteiger charge is 2.19. The van der Waals surface area contributed by atoms with Crippen molar-refractivity contribution in [2.24, 2.45) is 5.73 Å². The molecule has 1 heterocycles. The second kappa shape index (κ2) is 5.93. The Kier molecular flexibility index (Phi) is 3.99. The molecule has 114 valence electrons. The topological polar surface area (TPSA) is 43.8 Å². The summed E-state index contributed by atoms with van der Waals surface area (Å²) in [6.45, 7) is 6.36. The number of aromatic nitrogens is 2. The van der Waals surface area contributed by atoms with Crippen LogP contribution < -0.4 is 5.73 Å². The van der Waals surface area contributed by atoms with Gasteiger partial charge in [0, 0.05) is 0 Å². The number of nitrogens with two attached hydrogens (primary N) is 1. The van der Waals surface area contributed by atoms with Crippen LogP contribution in [0.3, 0.4) is 0 Å². The Balaban J connectivity index is 2.20. The molecule has 2 N–H and O–H groups in total. The highest BCUT2D eigenvalue weighted by molar-refractivity contribution is 5.77. The molecule has 0 amide bonds. The van der Waals surface area contributed by atoms with E-state index >= 15 is 0 Å². The predicted molar refractivity (Wildman–Crippen MR) is 92.0 cm³/mol. The molecule has 0 aliphatic carbocycles. The second-order valence-electron chi connectivity index (χ2n) is 5.89. The van der Waals surface area contributed by atoms with Crippen LogP contribution in [0.25, 0.3) is 11.0 Å². The van der Waals surface area contributed by atoms with E-state index < -0.39 is 0 Å². The van der Waals surface area contributed by atoms with Gasteiger partial charge in [-0.1, -0.05) is 43.3 Å². The molecule has 0 radical (unpaired) electrons. The summed E-state index contributed by atoms with van der Waals surface area (Å²) in [4.78, 5) is 4.81. The minimum atomic E-state index is -0.0939. The van der Waals surface area contributed by atoms with Crippen LogP contribution in [0.5, 0.6) is 0 Å². The normalized spacial score (nSPS) is 14.2. The Bertz CT molecular complexity index is 772. The van der Waals surface area contributed by atoms with E-state index in [4.69, 9.17) is 10.7 Å². The lowest BCUT2D eigenvalue weighted by atomic mass is 10.1. The van der Waals surface area contributed by atoms with Crippen molar-refractivity contribution < 1.29 is 0 Å². The van der Waals surface area contributed by atoms with Gasteiger partial charge in [0.1, 0.15) is 5.82 Å². The van der Waals surface area contributed by atoms with Crippen molar-refractivity contribution in [1.82, 2.24) is 9.55 Å². The van der Waals surface area contributed by atoms with Gasteiger partial charge in [-0.2, -0.15) is 0 Å². The molecule has 0 saturated carbocycles. The van der Waals surface area contributed by atoms with E-state index in [2.05, 4.69) is 60.9 Å². The Hall–Kier alpha value is -2.13. The minimum absolute atomic E-state index is 0.0939. The van der Waals surface area contributed by atoms with Crippen molar-refractivity contribution in [3.63, 3.8) is 0 Å². The van der Waals surface area contributed by atoms with Crippen LogP contribution in [-0.2, 0) is 6.42 Å². The number of fused-ring (bicyclic) bond motifs is 1. The molecule has 0 spiro atoms. The molecular formula is C19H23N3. The molecule has 0 fully saturated rings. The number of imidazole rings is 1. The van der Waals surface area contributed by atoms with Gasteiger partial charge in [0.05, 0.1) is 23.1 Å². The molecule has 0 aliphatic rings. The lowest BCUT2D eigenvalue weighted by Gasteiger charge is -2.19. The number of nitrogens with zero attached hydrogens (tertiary/aromatic N) is 2. The maximum absolute atomic E-state index is 6.18. The van der Waals surface area contributed by atoms with Crippen molar-refractivity contribution in [3.8, 4) is 0 Å². The summed E-state index contributed by atoms with van der Waals surface area (Å²) in [5.41, 5.74) is 10.9. The van der Waals surface area contributed by atoms with Crippen LogP contribution in [0.1, 0.15) is 49.8 Å². The molecule has 0 aliphatic heterocycles. The lowest BCUT2D eigenvalue weighted by molar-refractivity contribution is 0.584. The van der Waals surface area contributed by atoms with Crippen LogP contribution in [0, 0.1) is 0 Å². The average Bonchev–Trinajstić information content (AvgIpc) is 2.93. The molecule has 3 rings (SSSR count). The van der Waals surface area contributed by atoms with E-state index in [1.807, 2.05) is 13.0 Å². The molecule has 0 bridgehead atoms. The van der Waals surface area contributed by atoms with Crippen molar-refractivity contribution in [2.75, 3.05) is 0 Å². The highest BCUT2D eigenvalue weighted by Crippen LogP contribution is 2.28. The monoisotopic (exact) mass is 293 g/mol. The van der Waals surface area contributed by atoms with E-state index in [1.54, 1.807) is 0 Å². The van der Waals surface area contributed by atoms with Crippen LogP contribution in [-0.4, -0.2) is 9.55 Å². The van der Waals surface area contributed by atoms with E-state index in [1.165, 1.54) is 11.1 Å². The highest BCUT2D eigenvalue weighted by atomic mass is 15.1. The number of hydrogen-bond donors (Lipinski definition) is 1. The maximum atomic E-state index is 6.18. The van der Waals surface area contributed by atoms with Gasteiger partial charge >= 0.3 is 0 Å². The van der Waals surface area contributed by atoms with Crippen molar-refractivity contribution in [3.05, 3.63) is 65.5 Å². The van der Waals surface area contributed by atoms with E-state index in [9.17, 15) is 0 Å². The molecular weight excluding hydrogens is 270 g/mol. The molecule has 3 aromatic rings. The van der Waals surface area contributed by atoms with Crippen molar-refractivity contribution in [1.29, 1.82) is 0 Å². The molecule has 2 unspecified atom stereocenters. The largest absolute Gasteiger partial charge is 0.322 e. The van der Waals surface area contributed by atoms with Gasteiger partial charge in [0.15, 0.2) is 0 Å². The first kappa shape index (κ1) is 14.8. The van der Waals surface area contributed by atoms with Crippen molar-refractivity contribution in [2.45, 2.75) is 39.3 Å². The zero-order valence-electron chi connectivity index (χ0n) is 13.5. The van der Waals surface area contributed by atoms with Crippen LogP contribution >= 0.6 is 0 Å². The van der Waals surface area contributed by atoms with Gasteiger partial charge in [-0.05, 0) is 43.5 Å². The summed E-state index contributed by atoms with van der Waals surface area (Å²) in [5.74, 6) is 0.944. The molecule has 2 aromatic carbocycles. The maximum Gasteiger partial charge on any atom is 0.127 e. The predicted octanol–water partition coefficient (Wildman–Crippen LogP) is 4.23. The third-order valence-electron chi connectivity index (χ3n) is 4.27. The first-order valence-electron chi connectivity index (χ1n) is 7.93. The fourth-order valence-electron chi connectivity index (χ4n) is 2.99. The molecule has 3 nitrogen and oxygen atoms in total. The zero-order chi connectivity index (χ0) is 15.7. The molecule has 22 heavy (non-hydrogen) atoms. The third-order valence-corrected chi connectivity index (χ3v) is 4.27. The summed E-state index contributed by atoms with van der Waals surface area (Å²) in [6.07, 6.45) is 1.02. The van der Waals surface area contributed by atoms with Gasteiger partial charge in [-0.15, -0.1) is 0 Å². The molecule has 0 saturated heterocycles. The summed E-state index contributed by atoms with van der Waals surface area (Å²) in [6, 6.07) is 17.2. The Labute approximate surface area is 131 Å². The molecule has 1 aromatic heterocycles. The summed E-state index contributed by atoms with van der Waals surface area (Å²) in [7, 11) is 0. The van der Waals surface area contributed by atoms with E-state index in [0.29, 0.717) is 0 Å². The van der Waals surface area contributed by atoms with Crippen molar-refractivity contribution >= 4 is 11.0 Å². The fraction of sp³-hybridized carbons (Fsp3) is 0.316. The second-order valence-corrected chi connectivity index (χ2v) is 5.89. The quantitative estimate of drug-likeness (QED) is 0.782. The number of rotatable bonds is 4. The van der Waals surface area contributed by atoms with Crippen LogP contribution in [0.15, 0.2) is 48.5 Å². The smallest absolute Gasteiger partial charge is 0.127 e. The van der Waals surface area contributed by atoms with Crippen LogP contribution in [0.2, 0.25) is 0 Å². The number of benzene rings is 2. The minimum Gasteiger partial charge on any atom is -0.322 e. The number of hydrogen-bond acceptors (Lipinski definition) is 2. The first-order valence-corrected chi connectivity index (χ1v) is 7.93. The van der Waals surface area contributed by atoms with Gasteiger partial charge in [-0.3, -0.25) is 0 Å². The lowest BCUT2D eigenvalue weighted by Crippen LogP contribution is -2.17. The van der Waals surface area contributed by atoms with Gasteiger partial charge in [0.25, 0.3) is 0 Å². The SMILES string of the molecule is CCc1ccc2c(c1)nc(C(C)N)n2C(C)c1ccccc1. The average molecular weight is 293 g/mol. The Morgan fingerprint density at radius 2 is 1.82 bits per heavy atom. The van der Waals surface area contributed by atoms with E-state index in [-0.39, 0.29) is 12.1 Å². The van der Waals surface area contributed by atoms with Gasteiger partial charge < -0.3 is 10.3 Å². The standard InChI is InChI=1S/C19H23N3/c1-4-15-10-11-18-17(12-15)21-19(13(2)20)22(18)14(3)16-8-6-5-7-9-16/h5-14H,4,20H2,1-3H3. The molecule has 2 atom stereocenters. The van der Waals surface area contributed by atoms with Gasteiger partial charge in [-0.25, -0.2) is 4.98 Å². The summed E-state index contributed by atoms with van der Waals surface area (Å²) >= 11 is 0. The zero-order valence-corrected chi connectivity index (χ0v) is 13.5. The van der Waals surface area contributed by atoms with Crippen LogP contribution in [0.4, 0.5) is 0 Å². The first-order chi connectivity index (χ1) is 10.6. The Morgan fingerprint density at radius 3 is 2.45 bits per heavy atom. The summed E-state index contributed by atoms with van der Waals surface area (Å²) < 4.78 is 2.27. The Morgan fingerprint density at radius 1 is 1.09 bits per heavy atom. The third kappa shape index (κ3) is 2.53. The fourth-order valence-corrected chi connectivity index (χ4v) is 2.99. The molecule has 3 heteroatoms. The van der Waals surface area contributed by atoms with E-state index in [0.717, 1.165) is 23.3 Å².